The molecule has 23 heavy (non-hydrogen) atoms. The minimum absolute atomic E-state index is 0.0169. The molecule has 1 saturated carbocycles. The Bertz CT molecular complexity index is 697. The fourth-order valence-electron chi connectivity index (χ4n) is 3.23. The highest BCUT2D eigenvalue weighted by atomic mass is 16.2. The fraction of sp³-hybridized carbons (Fsp3) is 0.316. The van der Waals surface area contributed by atoms with E-state index in [9.17, 15) is 4.79 Å². The number of hydrogen-bond acceptors (Lipinski definition) is 2. The molecule has 0 radical (unpaired) electrons. The zero-order chi connectivity index (χ0) is 15.6. The lowest BCUT2D eigenvalue weighted by molar-refractivity contribution is 0.245. The number of amides is 2. The van der Waals surface area contributed by atoms with Crippen LogP contribution in [0.4, 0.5) is 16.2 Å². The summed E-state index contributed by atoms with van der Waals surface area (Å²) < 4.78 is 0. The van der Waals surface area contributed by atoms with Crippen molar-refractivity contribution in [2.24, 2.45) is 0 Å². The number of anilines is 2. The standard InChI is InChI=1S/C19H21N3O/c23-19(20-14-15-6-2-1-3-7-15)22-13-12-21(16-10-11-16)17-8-4-5-9-18(17)22/h1-9,16H,10-14H2,(H,20,23). The van der Waals surface area contributed by atoms with Gasteiger partial charge in [-0.25, -0.2) is 4.79 Å². The first-order valence-corrected chi connectivity index (χ1v) is 8.28. The van der Waals surface area contributed by atoms with Crippen molar-refractivity contribution in [1.82, 2.24) is 5.32 Å². The van der Waals surface area contributed by atoms with Crippen LogP contribution in [0.1, 0.15) is 18.4 Å². The van der Waals surface area contributed by atoms with E-state index in [4.69, 9.17) is 0 Å². The molecule has 2 aromatic rings. The van der Waals surface area contributed by atoms with E-state index >= 15 is 0 Å². The van der Waals surface area contributed by atoms with Gasteiger partial charge in [-0.3, -0.25) is 4.90 Å². The van der Waals surface area contributed by atoms with Gasteiger partial charge in [-0.15, -0.1) is 0 Å². The number of nitrogens with one attached hydrogen (secondary N) is 1. The number of benzene rings is 2. The van der Waals surface area contributed by atoms with Crippen LogP contribution in [0.5, 0.6) is 0 Å². The summed E-state index contributed by atoms with van der Waals surface area (Å²) in [5.74, 6) is 0. The average molecular weight is 307 g/mol. The average Bonchev–Trinajstić information content (AvgIpc) is 3.44. The van der Waals surface area contributed by atoms with E-state index in [2.05, 4.69) is 22.3 Å². The molecule has 0 unspecified atom stereocenters. The Morgan fingerprint density at radius 2 is 1.65 bits per heavy atom. The molecule has 0 bridgehead atoms. The highest BCUT2D eigenvalue weighted by Crippen LogP contribution is 2.39. The van der Waals surface area contributed by atoms with Gasteiger partial charge < -0.3 is 10.2 Å². The quantitative estimate of drug-likeness (QED) is 0.943. The number of carbonyl (C=O) groups excluding carboxylic acids is 1. The van der Waals surface area contributed by atoms with Crippen LogP contribution in [0, 0.1) is 0 Å². The Kier molecular flexibility index (Phi) is 3.66. The SMILES string of the molecule is O=C(NCc1ccccc1)N1CCN(C2CC2)c2ccccc21. The molecule has 1 N–H and O–H groups in total. The van der Waals surface area contributed by atoms with E-state index in [0.717, 1.165) is 24.3 Å². The third-order valence-corrected chi connectivity index (χ3v) is 4.57. The summed E-state index contributed by atoms with van der Waals surface area (Å²) in [7, 11) is 0. The molecule has 1 aliphatic heterocycles. The van der Waals surface area contributed by atoms with Crippen LogP contribution >= 0.6 is 0 Å². The van der Waals surface area contributed by atoms with Crippen molar-refractivity contribution in [3.8, 4) is 0 Å². The first kappa shape index (κ1) is 14.1. The number of fused-ring (bicyclic) bond motifs is 1. The first-order valence-electron chi connectivity index (χ1n) is 8.28. The fourth-order valence-corrected chi connectivity index (χ4v) is 3.23. The Labute approximate surface area is 136 Å². The molecule has 0 spiro atoms. The second-order valence-corrected chi connectivity index (χ2v) is 6.21. The maximum Gasteiger partial charge on any atom is 0.322 e. The van der Waals surface area contributed by atoms with E-state index in [1.54, 1.807) is 0 Å². The minimum Gasteiger partial charge on any atom is -0.365 e. The number of para-hydroxylation sites is 2. The van der Waals surface area contributed by atoms with Gasteiger partial charge >= 0.3 is 6.03 Å². The largest absolute Gasteiger partial charge is 0.365 e. The van der Waals surface area contributed by atoms with Crippen molar-refractivity contribution in [3.05, 3.63) is 60.2 Å². The zero-order valence-corrected chi connectivity index (χ0v) is 13.1. The van der Waals surface area contributed by atoms with Crippen LogP contribution in [0.15, 0.2) is 54.6 Å². The van der Waals surface area contributed by atoms with Gasteiger partial charge in [0.1, 0.15) is 0 Å². The van der Waals surface area contributed by atoms with E-state index in [1.807, 2.05) is 47.4 Å². The Balaban J connectivity index is 1.50. The van der Waals surface area contributed by atoms with Crippen molar-refractivity contribution in [2.45, 2.75) is 25.4 Å². The maximum atomic E-state index is 12.6. The molecule has 0 saturated heterocycles. The van der Waals surface area contributed by atoms with E-state index in [0.29, 0.717) is 12.6 Å². The molecule has 1 heterocycles. The third-order valence-electron chi connectivity index (χ3n) is 4.57. The predicted octanol–water partition coefficient (Wildman–Crippen LogP) is 3.39. The van der Waals surface area contributed by atoms with Crippen molar-refractivity contribution in [3.63, 3.8) is 0 Å². The topological polar surface area (TPSA) is 35.6 Å². The summed E-state index contributed by atoms with van der Waals surface area (Å²) in [6, 6.07) is 18.9. The lowest BCUT2D eigenvalue weighted by Crippen LogP contribution is -2.48. The molecule has 2 aliphatic rings. The van der Waals surface area contributed by atoms with Gasteiger partial charge in [0.05, 0.1) is 11.4 Å². The second-order valence-electron chi connectivity index (χ2n) is 6.21. The number of hydrogen-bond donors (Lipinski definition) is 1. The van der Waals surface area contributed by atoms with Crippen molar-refractivity contribution in [1.29, 1.82) is 0 Å². The molecule has 0 atom stereocenters. The number of nitrogens with zero attached hydrogens (tertiary/aromatic N) is 2. The predicted molar refractivity (Wildman–Crippen MR) is 92.8 cm³/mol. The van der Waals surface area contributed by atoms with E-state index in [1.165, 1.54) is 18.5 Å². The van der Waals surface area contributed by atoms with E-state index in [-0.39, 0.29) is 6.03 Å². The molecule has 1 fully saturated rings. The summed E-state index contributed by atoms with van der Waals surface area (Å²) in [5.41, 5.74) is 3.33. The van der Waals surface area contributed by atoms with Gasteiger partial charge in [-0.1, -0.05) is 42.5 Å². The molecule has 118 valence electrons. The summed E-state index contributed by atoms with van der Waals surface area (Å²) in [6.07, 6.45) is 2.54. The zero-order valence-electron chi connectivity index (χ0n) is 13.1. The van der Waals surface area contributed by atoms with Gasteiger partial charge in [0.2, 0.25) is 0 Å². The molecule has 4 rings (SSSR count). The summed E-state index contributed by atoms with van der Waals surface area (Å²) in [6.45, 7) is 2.22. The highest BCUT2D eigenvalue weighted by Gasteiger charge is 2.35. The highest BCUT2D eigenvalue weighted by molar-refractivity contribution is 5.96. The van der Waals surface area contributed by atoms with Gasteiger partial charge in [0.15, 0.2) is 0 Å². The maximum absolute atomic E-state index is 12.6. The molecule has 2 aromatic carbocycles. The van der Waals surface area contributed by atoms with Crippen LogP contribution in [0.3, 0.4) is 0 Å². The van der Waals surface area contributed by atoms with Crippen LogP contribution in [-0.4, -0.2) is 25.2 Å². The van der Waals surface area contributed by atoms with Crippen molar-refractivity contribution in [2.75, 3.05) is 22.9 Å². The molecule has 2 amide bonds. The smallest absolute Gasteiger partial charge is 0.322 e. The molecule has 1 aliphatic carbocycles. The second kappa shape index (κ2) is 5.95. The van der Waals surface area contributed by atoms with Gasteiger partial charge in [-0.2, -0.15) is 0 Å². The van der Waals surface area contributed by atoms with Crippen LogP contribution in [0.2, 0.25) is 0 Å². The van der Waals surface area contributed by atoms with Gasteiger partial charge in [-0.05, 0) is 30.5 Å². The molecule has 4 heteroatoms. The lowest BCUT2D eigenvalue weighted by atomic mass is 10.1. The minimum atomic E-state index is -0.0169. The summed E-state index contributed by atoms with van der Waals surface area (Å²) >= 11 is 0. The Morgan fingerprint density at radius 1 is 0.957 bits per heavy atom. The summed E-state index contributed by atoms with van der Waals surface area (Å²) in [5, 5.41) is 3.04. The molecule has 0 aromatic heterocycles. The third kappa shape index (κ3) is 2.89. The van der Waals surface area contributed by atoms with Gasteiger partial charge in [0.25, 0.3) is 0 Å². The van der Waals surface area contributed by atoms with Crippen LogP contribution < -0.4 is 15.1 Å². The Hall–Kier alpha value is -2.49. The van der Waals surface area contributed by atoms with Crippen LogP contribution in [-0.2, 0) is 6.54 Å². The number of urea groups is 1. The normalized spacial score (nSPS) is 16.9. The first-order chi connectivity index (χ1) is 11.3. The monoisotopic (exact) mass is 307 g/mol. The van der Waals surface area contributed by atoms with Gasteiger partial charge in [0, 0.05) is 25.7 Å². The lowest BCUT2D eigenvalue weighted by Gasteiger charge is -2.37. The van der Waals surface area contributed by atoms with Crippen LogP contribution in [0.25, 0.3) is 0 Å². The summed E-state index contributed by atoms with van der Waals surface area (Å²) in [4.78, 5) is 16.9. The number of carbonyl (C=O) groups is 1. The van der Waals surface area contributed by atoms with Crippen molar-refractivity contribution >= 4 is 17.4 Å². The Morgan fingerprint density at radius 3 is 2.39 bits per heavy atom. The van der Waals surface area contributed by atoms with Crippen molar-refractivity contribution < 1.29 is 4.79 Å². The molecular formula is C19H21N3O. The molecular weight excluding hydrogens is 286 g/mol. The molecule has 4 nitrogen and oxygen atoms in total. The number of rotatable bonds is 3. The van der Waals surface area contributed by atoms with E-state index < -0.39 is 0 Å².